The van der Waals surface area contributed by atoms with Crippen molar-refractivity contribution in [3.63, 3.8) is 0 Å². The van der Waals surface area contributed by atoms with Crippen LogP contribution >= 0.6 is 0 Å². The third-order valence-electron chi connectivity index (χ3n) is 8.84. The van der Waals surface area contributed by atoms with Gasteiger partial charge in [0.05, 0.1) is 5.69 Å². The van der Waals surface area contributed by atoms with Gasteiger partial charge in [0.15, 0.2) is 17.3 Å². The number of nitrogens with zero attached hydrogens (tertiary/aromatic N) is 6. The summed E-state index contributed by atoms with van der Waals surface area (Å²) < 4.78 is 5.54. The molecule has 1 aromatic carbocycles. The molecule has 0 unspecified atom stereocenters. The number of nitrogens with two attached hydrogens (primary N) is 1. The van der Waals surface area contributed by atoms with Crippen molar-refractivity contribution >= 4 is 28.9 Å². The van der Waals surface area contributed by atoms with Gasteiger partial charge in [-0.2, -0.15) is 0 Å². The molecule has 0 aliphatic carbocycles. The molecule has 3 aliphatic rings. The Morgan fingerprint density at radius 3 is 2.28 bits per heavy atom. The number of hydrogen-bond acceptors (Lipinski definition) is 10. The van der Waals surface area contributed by atoms with E-state index in [1.54, 1.807) is 0 Å². The average Bonchev–Trinajstić information content (AvgIpc) is 3.02. The summed E-state index contributed by atoms with van der Waals surface area (Å²) in [6, 6.07) is 14.9. The molecule has 5 heterocycles. The van der Waals surface area contributed by atoms with Crippen molar-refractivity contribution in [2.24, 2.45) is 5.73 Å². The van der Waals surface area contributed by atoms with Gasteiger partial charge < -0.3 is 30.9 Å². The van der Waals surface area contributed by atoms with Crippen LogP contribution in [0.4, 0.5) is 23.0 Å². The lowest BCUT2D eigenvalue weighted by molar-refractivity contribution is 0.0904. The second kappa shape index (κ2) is 13.2. The van der Waals surface area contributed by atoms with Crippen molar-refractivity contribution in [1.29, 1.82) is 0 Å². The smallest absolute Gasteiger partial charge is 0.271 e. The molecule has 0 spiro atoms. The summed E-state index contributed by atoms with van der Waals surface area (Å²) in [6.45, 7) is 10.1. The van der Waals surface area contributed by atoms with Crippen LogP contribution in [-0.4, -0.2) is 102 Å². The number of pyridine rings is 1. The molecular formula is C32H43N9O2. The van der Waals surface area contributed by atoms with Gasteiger partial charge in [0.25, 0.3) is 5.91 Å². The Bertz CT molecular complexity index is 1390. The molecule has 43 heavy (non-hydrogen) atoms. The summed E-state index contributed by atoms with van der Waals surface area (Å²) in [7, 11) is 2.21. The number of carbonyl (C=O) groups excluding carboxylic acids is 1. The first-order valence-corrected chi connectivity index (χ1v) is 15.5. The molecule has 0 atom stereocenters. The number of rotatable bonds is 8. The lowest BCUT2D eigenvalue weighted by Crippen LogP contribution is -2.52. The zero-order valence-electron chi connectivity index (χ0n) is 25.3. The molecule has 11 heteroatoms. The third kappa shape index (κ3) is 7.06. The number of benzene rings is 1. The predicted molar refractivity (Wildman–Crippen MR) is 170 cm³/mol. The van der Waals surface area contributed by atoms with E-state index in [2.05, 4.69) is 49.5 Å². The highest BCUT2D eigenvalue weighted by atomic mass is 16.5. The molecule has 6 rings (SSSR count). The van der Waals surface area contributed by atoms with E-state index >= 15 is 0 Å². The van der Waals surface area contributed by atoms with Crippen LogP contribution in [0, 0.1) is 6.92 Å². The van der Waals surface area contributed by atoms with Crippen LogP contribution in [0.1, 0.15) is 41.9 Å². The minimum Gasteiger partial charge on any atom is -0.381 e. The number of nitrogens with one attached hydrogen (secondary N) is 2. The van der Waals surface area contributed by atoms with Gasteiger partial charge in [-0.25, -0.2) is 9.97 Å². The van der Waals surface area contributed by atoms with Crippen molar-refractivity contribution in [3.05, 3.63) is 53.9 Å². The van der Waals surface area contributed by atoms with Gasteiger partial charge in [-0.3, -0.25) is 14.7 Å². The van der Waals surface area contributed by atoms with E-state index in [0.717, 1.165) is 50.4 Å². The maximum absolute atomic E-state index is 12.6. The number of ether oxygens (including phenoxy) is 1. The molecule has 11 nitrogen and oxygen atoms in total. The molecule has 3 fully saturated rings. The lowest BCUT2D eigenvalue weighted by Gasteiger charge is -2.42. The minimum atomic E-state index is -0.652. The minimum absolute atomic E-state index is 0.0749. The highest BCUT2D eigenvalue weighted by Gasteiger charge is 2.27. The number of carbonyl (C=O) groups is 1. The highest BCUT2D eigenvalue weighted by Crippen LogP contribution is 2.31. The normalized spacial score (nSPS) is 19.3. The van der Waals surface area contributed by atoms with Crippen LogP contribution in [0.2, 0.25) is 0 Å². The van der Waals surface area contributed by atoms with E-state index in [0.29, 0.717) is 42.3 Å². The average molecular weight is 586 g/mol. The predicted octanol–water partition coefficient (Wildman–Crippen LogP) is 3.50. The number of amides is 1. The molecule has 0 radical (unpaired) electrons. The van der Waals surface area contributed by atoms with Crippen molar-refractivity contribution in [2.75, 3.05) is 75.1 Å². The van der Waals surface area contributed by atoms with Gasteiger partial charge in [-0.05, 0) is 76.1 Å². The fourth-order valence-corrected chi connectivity index (χ4v) is 6.25. The summed E-state index contributed by atoms with van der Waals surface area (Å²) in [5.74, 6) is 0.234. The summed E-state index contributed by atoms with van der Waals surface area (Å²) >= 11 is 0. The molecule has 0 bridgehead atoms. The Hall–Kier alpha value is -3.80. The SMILES string of the molecule is Cc1cccc(-c2nc(C(N)=O)c(Nc3ccc(N4CCC(N5CCN(C)CC5)CC4)cc3)nc2NC2CCOCC2)n1. The maximum Gasteiger partial charge on any atom is 0.271 e. The number of likely N-dealkylation sites (N-methyl/N-ethyl adjacent to an activating group) is 1. The van der Waals surface area contributed by atoms with E-state index in [4.69, 9.17) is 20.4 Å². The van der Waals surface area contributed by atoms with Gasteiger partial charge in [-0.1, -0.05) is 6.07 Å². The van der Waals surface area contributed by atoms with Crippen LogP contribution in [0.5, 0.6) is 0 Å². The number of hydrogen-bond donors (Lipinski definition) is 3. The molecule has 3 aromatic rings. The van der Waals surface area contributed by atoms with Gasteiger partial charge in [0.2, 0.25) is 0 Å². The van der Waals surface area contributed by atoms with E-state index < -0.39 is 5.91 Å². The van der Waals surface area contributed by atoms with Crippen LogP contribution < -0.4 is 21.3 Å². The Morgan fingerprint density at radius 1 is 0.884 bits per heavy atom. The largest absolute Gasteiger partial charge is 0.381 e. The van der Waals surface area contributed by atoms with E-state index in [-0.39, 0.29) is 11.7 Å². The Balaban J connectivity index is 1.19. The van der Waals surface area contributed by atoms with Gasteiger partial charge >= 0.3 is 0 Å². The van der Waals surface area contributed by atoms with Gasteiger partial charge in [0.1, 0.15) is 5.69 Å². The summed E-state index contributed by atoms with van der Waals surface area (Å²) in [5, 5.41) is 6.86. The molecule has 2 aromatic heterocycles. The topological polar surface area (TPSA) is 125 Å². The molecule has 1 amide bonds. The number of piperidine rings is 1. The Morgan fingerprint density at radius 2 is 1.60 bits per heavy atom. The first-order chi connectivity index (χ1) is 20.9. The monoisotopic (exact) mass is 585 g/mol. The number of aryl methyl sites for hydroxylation is 1. The number of primary amides is 1. The van der Waals surface area contributed by atoms with Crippen LogP contribution in [-0.2, 0) is 4.74 Å². The number of piperazine rings is 1. The quantitative estimate of drug-likeness (QED) is 0.362. The molecular weight excluding hydrogens is 542 g/mol. The van der Waals surface area contributed by atoms with Crippen LogP contribution in [0.25, 0.3) is 11.4 Å². The molecule has 3 aliphatic heterocycles. The summed E-state index contributed by atoms with van der Waals surface area (Å²) in [6.07, 6.45) is 4.09. The number of anilines is 4. The lowest BCUT2D eigenvalue weighted by atomic mass is 10.0. The van der Waals surface area contributed by atoms with Crippen molar-refractivity contribution < 1.29 is 9.53 Å². The second-order valence-electron chi connectivity index (χ2n) is 11.9. The highest BCUT2D eigenvalue weighted by molar-refractivity contribution is 5.97. The third-order valence-corrected chi connectivity index (χ3v) is 8.84. The van der Waals surface area contributed by atoms with Crippen molar-refractivity contribution in [2.45, 2.75) is 44.7 Å². The first kappa shape index (κ1) is 29.3. The summed E-state index contributed by atoms with van der Waals surface area (Å²) in [4.78, 5) is 34.4. The van der Waals surface area contributed by atoms with E-state index in [1.165, 1.54) is 31.6 Å². The maximum atomic E-state index is 12.6. The first-order valence-electron chi connectivity index (χ1n) is 15.5. The zero-order valence-corrected chi connectivity index (χ0v) is 25.3. The van der Waals surface area contributed by atoms with Gasteiger partial charge in [0, 0.05) is 81.6 Å². The zero-order chi connectivity index (χ0) is 29.8. The second-order valence-corrected chi connectivity index (χ2v) is 11.9. The molecule has 3 saturated heterocycles. The van der Waals surface area contributed by atoms with Crippen LogP contribution in [0.15, 0.2) is 42.5 Å². The Labute approximate surface area is 253 Å². The number of aromatic nitrogens is 3. The van der Waals surface area contributed by atoms with Crippen LogP contribution in [0.3, 0.4) is 0 Å². The van der Waals surface area contributed by atoms with Crippen molar-refractivity contribution in [1.82, 2.24) is 24.8 Å². The summed E-state index contributed by atoms with van der Waals surface area (Å²) in [5.41, 5.74) is 9.90. The fraction of sp³-hybridized carbons (Fsp3) is 0.500. The fourth-order valence-electron chi connectivity index (χ4n) is 6.25. The standard InChI is InChI=1S/C32H43N9O2/c1-22-4-3-5-27(34-22)28-31(36-24-12-20-43-21-13-24)38-32(29(37-28)30(33)42)35-23-6-8-25(9-7-23)40-14-10-26(11-15-40)41-18-16-39(2)17-19-41/h3-9,24,26H,10-21H2,1-2H3,(H2,33,42)(H2,35,36,38). The molecule has 228 valence electrons. The van der Waals surface area contributed by atoms with E-state index in [1.807, 2.05) is 37.3 Å². The molecule has 0 saturated carbocycles. The molecule has 4 N–H and O–H groups in total. The van der Waals surface area contributed by atoms with Gasteiger partial charge in [-0.15, -0.1) is 0 Å². The van der Waals surface area contributed by atoms with E-state index in [9.17, 15) is 4.79 Å². The van der Waals surface area contributed by atoms with Crippen molar-refractivity contribution in [3.8, 4) is 11.4 Å². The Kier molecular flexibility index (Phi) is 9.01.